The first-order valence-electron chi connectivity index (χ1n) is 14.1. The maximum absolute atomic E-state index is 10.5. The predicted molar refractivity (Wildman–Crippen MR) is 150 cm³/mol. The zero-order valence-electron chi connectivity index (χ0n) is 25.8. The topological polar surface area (TPSA) is 149 Å². The highest BCUT2D eigenvalue weighted by Crippen LogP contribution is 2.25. The average molecular weight is 573 g/mol. The Morgan fingerprint density at radius 2 is 0.795 bits per heavy atom. The molecular formula is C27H62N3O9+3. The Labute approximate surface area is 236 Å². The van der Waals surface area contributed by atoms with E-state index in [9.17, 15) is 30.6 Å². The summed E-state index contributed by atoms with van der Waals surface area (Å²) >= 11 is 0. The second-order valence-corrected chi connectivity index (χ2v) is 13.1. The number of aliphatic hydroxyl groups excluding tert-OH is 6. The summed E-state index contributed by atoms with van der Waals surface area (Å²) < 4.78 is 19.3. The fourth-order valence-electron chi connectivity index (χ4n) is 4.62. The number of rotatable bonds is 25. The summed E-state index contributed by atoms with van der Waals surface area (Å²) in [5, 5.41) is 59.2. The molecule has 0 aliphatic rings. The van der Waals surface area contributed by atoms with Crippen LogP contribution in [0.1, 0.15) is 13.3 Å². The highest BCUT2D eigenvalue weighted by atomic mass is 16.5. The quantitative estimate of drug-likeness (QED) is 0.0666. The SMILES string of the molecule is CCC(COCC(O)C[N+](C)(C)CCO)(COCC(O)C[N+](C)(C)CCO)COCC(O)C[N+](C)(C)CCO. The third-order valence-electron chi connectivity index (χ3n) is 7.14. The van der Waals surface area contributed by atoms with Gasteiger partial charge in [0, 0.05) is 5.41 Å². The first-order valence-corrected chi connectivity index (χ1v) is 14.1. The summed E-state index contributed by atoms with van der Waals surface area (Å²) in [6.45, 7) is 6.20. The Bertz CT molecular complexity index is 544. The summed E-state index contributed by atoms with van der Waals surface area (Å²) in [6, 6.07) is 0. The van der Waals surface area contributed by atoms with Crippen LogP contribution in [0.2, 0.25) is 0 Å². The second-order valence-electron chi connectivity index (χ2n) is 13.1. The van der Waals surface area contributed by atoms with E-state index >= 15 is 0 Å². The fourth-order valence-corrected chi connectivity index (χ4v) is 4.62. The van der Waals surface area contributed by atoms with Crippen LogP contribution in [-0.2, 0) is 14.2 Å². The molecule has 3 atom stereocenters. The molecule has 0 aromatic heterocycles. The summed E-state index contributed by atoms with van der Waals surface area (Å²) in [5.41, 5.74) is -0.556. The van der Waals surface area contributed by atoms with Gasteiger partial charge in [-0.1, -0.05) is 6.92 Å². The molecule has 0 heterocycles. The van der Waals surface area contributed by atoms with Crippen LogP contribution >= 0.6 is 0 Å². The van der Waals surface area contributed by atoms with Gasteiger partial charge in [0.15, 0.2) is 0 Å². The molecule has 0 aliphatic carbocycles. The largest absolute Gasteiger partial charge is 0.391 e. The van der Waals surface area contributed by atoms with Crippen molar-refractivity contribution in [2.24, 2.45) is 5.41 Å². The fraction of sp³-hybridized carbons (Fsp3) is 1.00. The van der Waals surface area contributed by atoms with Gasteiger partial charge in [0.2, 0.25) is 0 Å². The maximum atomic E-state index is 10.5. The van der Waals surface area contributed by atoms with Crippen molar-refractivity contribution in [1.29, 1.82) is 0 Å². The van der Waals surface area contributed by atoms with E-state index in [1.54, 1.807) is 0 Å². The van der Waals surface area contributed by atoms with Crippen LogP contribution in [0, 0.1) is 5.41 Å². The summed E-state index contributed by atoms with van der Waals surface area (Å²) in [4.78, 5) is 0. The molecule has 0 aromatic carbocycles. The molecule has 0 fully saturated rings. The first-order chi connectivity index (χ1) is 18.0. The van der Waals surface area contributed by atoms with Gasteiger partial charge in [-0.2, -0.15) is 0 Å². The molecule has 0 saturated heterocycles. The number of likely N-dealkylation sites (N-methyl/N-ethyl adjacent to an activating group) is 3. The monoisotopic (exact) mass is 572 g/mol. The van der Waals surface area contributed by atoms with E-state index in [1.807, 2.05) is 49.2 Å². The zero-order chi connectivity index (χ0) is 30.2. The van der Waals surface area contributed by atoms with Gasteiger partial charge in [-0.25, -0.2) is 0 Å². The van der Waals surface area contributed by atoms with E-state index in [1.165, 1.54) is 0 Å². The lowest BCUT2D eigenvalue weighted by molar-refractivity contribution is -0.893. The minimum Gasteiger partial charge on any atom is -0.391 e. The molecule has 0 spiro atoms. The summed E-state index contributed by atoms with van der Waals surface area (Å²) in [7, 11) is 11.6. The third-order valence-corrected chi connectivity index (χ3v) is 7.14. The smallest absolute Gasteiger partial charge is 0.126 e. The molecule has 6 N–H and O–H groups in total. The van der Waals surface area contributed by atoms with Crippen LogP contribution in [0.4, 0.5) is 0 Å². The average Bonchev–Trinajstić information content (AvgIpc) is 2.77. The van der Waals surface area contributed by atoms with Gasteiger partial charge in [-0.15, -0.1) is 0 Å². The highest BCUT2D eigenvalue weighted by molar-refractivity contribution is 4.78. The zero-order valence-corrected chi connectivity index (χ0v) is 25.8. The van der Waals surface area contributed by atoms with Gasteiger partial charge in [-0.3, -0.25) is 0 Å². The van der Waals surface area contributed by atoms with Gasteiger partial charge in [0.1, 0.15) is 57.6 Å². The highest BCUT2D eigenvalue weighted by Gasteiger charge is 2.32. The molecule has 12 nitrogen and oxygen atoms in total. The lowest BCUT2D eigenvalue weighted by atomic mass is 9.88. The van der Waals surface area contributed by atoms with Crippen molar-refractivity contribution < 1.29 is 58.3 Å². The molecule has 39 heavy (non-hydrogen) atoms. The molecule has 0 saturated carbocycles. The van der Waals surface area contributed by atoms with E-state index in [-0.39, 0.29) is 59.5 Å². The molecule has 0 rings (SSSR count). The number of quaternary nitrogens is 3. The molecule has 0 bridgehead atoms. The third kappa shape index (κ3) is 18.5. The van der Waals surface area contributed by atoms with Gasteiger partial charge >= 0.3 is 0 Å². The van der Waals surface area contributed by atoms with Crippen LogP contribution in [-0.4, -0.2) is 203 Å². The summed E-state index contributed by atoms with van der Waals surface area (Å²) in [5.74, 6) is 0. The number of ether oxygens (including phenoxy) is 3. The Kier molecular flexibility index (Phi) is 18.6. The molecule has 12 heteroatoms. The molecule has 236 valence electrons. The number of hydrogen-bond acceptors (Lipinski definition) is 9. The predicted octanol–water partition coefficient (Wildman–Crippen LogP) is -2.28. The number of hydrogen-bond donors (Lipinski definition) is 6. The van der Waals surface area contributed by atoms with E-state index in [0.717, 1.165) is 0 Å². The van der Waals surface area contributed by atoms with E-state index < -0.39 is 23.7 Å². The minimum atomic E-state index is -0.704. The minimum absolute atomic E-state index is 0.0397. The van der Waals surface area contributed by atoms with Crippen molar-refractivity contribution in [3.8, 4) is 0 Å². The van der Waals surface area contributed by atoms with Gasteiger partial charge in [0.05, 0.1) is 102 Å². The van der Waals surface area contributed by atoms with Crippen molar-refractivity contribution in [2.45, 2.75) is 31.7 Å². The van der Waals surface area contributed by atoms with Crippen molar-refractivity contribution in [2.75, 3.05) is 141 Å². The lowest BCUT2D eigenvalue weighted by Gasteiger charge is -2.35. The maximum Gasteiger partial charge on any atom is 0.126 e. The Morgan fingerprint density at radius 1 is 0.538 bits per heavy atom. The van der Waals surface area contributed by atoms with Crippen LogP contribution in [0.5, 0.6) is 0 Å². The van der Waals surface area contributed by atoms with Crippen LogP contribution in [0.15, 0.2) is 0 Å². The van der Waals surface area contributed by atoms with E-state index in [4.69, 9.17) is 14.2 Å². The first kappa shape index (κ1) is 38.5. The van der Waals surface area contributed by atoms with Crippen LogP contribution in [0.3, 0.4) is 0 Å². The second kappa shape index (κ2) is 18.9. The van der Waals surface area contributed by atoms with Crippen molar-refractivity contribution in [3.05, 3.63) is 0 Å². The Morgan fingerprint density at radius 3 is 1.00 bits per heavy atom. The number of nitrogens with zero attached hydrogens (tertiary/aromatic N) is 3. The van der Waals surface area contributed by atoms with E-state index in [2.05, 4.69) is 0 Å². The standard InChI is InChI=1S/C27H62N3O9/c1-8-27(21-37-18-24(34)15-28(2,3)9-12-31,22-38-19-25(35)16-29(4,5)10-13-32)23-39-20-26(36)17-30(6,7)11-14-33/h24-26,31-36H,8-23H2,1-7H3/q+3. The molecule has 0 aliphatic heterocycles. The van der Waals surface area contributed by atoms with Crippen molar-refractivity contribution in [1.82, 2.24) is 0 Å². The summed E-state index contributed by atoms with van der Waals surface area (Å²) in [6.07, 6.45) is -1.46. The molecule has 3 unspecified atom stereocenters. The van der Waals surface area contributed by atoms with Crippen molar-refractivity contribution in [3.63, 3.8) is 0 Å². The molecule has 0 aromatic rings. The van der Waals surface area contributed by atoms with Crippen LogP contribution < -0.4 is 0 Å². The van der Waals surface area contributed by atoms with Gasteiger partial charge in [-0.05, 0) is 6.42 Å². The number of aliphatic hydroxyl groups is 6. The molecule has 0 radical (unpaired) electrons. The Balaban J connectivity index is 5.13. The van der Waals surface area contributed by atoms with E-state index in [0.29, 0.717) is 59.1 Å². The van der Waals surface area contributed by atoms with Crippen LogP contribution in [0.25, 0.3) is 0 Å². The molecule has 0 amide bonds. The Hall–Kier alpha value is -0.480. The van der Waals surface area contributed by atoms with Crippen molar-refractivity contribution >= 4 is 0 Å². The normalized spacial score (nSPS) is 17.2. The molecular weight excluding hydrogens is 510 g/mol. The van der Waals surface area contributed by atoms with Gasteiger partial charge < -0.3 is 58.3 Å². The lowest BCUT2D eigenvalue weighted by Crippen LogP contribution is -2.49. The van der Waals surface area contributed by atoms with Gasteiger partial charge in [0.25, 0.3) is 0 Å².